The fourth-order valence-corrected chi connectivity index (χ4v) is 0.271. The second-order valence-electron chi connectivity index (χ2n) is 1.05. The third-order valence-corrected chi connectivity index (χ3v) is 0.544. The first-order valence-electron chi connectivity index (χ1n) is 1.81. The number of aromatic nitrogens is 2. The van der Waals surface area contributed by atoms with Crippen molar-refractivity contribution >= 4 is 0 Å². The number of hydrogen-bond donors (Lipinski definition) is 1. The van der Waals surface area contributed by atoms with E-state index < -0.39 is 0 Å². The summed E-state index contributed by atoms with van der Waals surface area (Å²) in [6.45, 7) is 0. The summed E-state index contributed by atoms with van der Waals surface area (Å²) in [6.07, 6.45) is 3.66. The van der Waals surface area contributed by atoms with E-state index in [2.05, 4.69) is 16.3 Å². The van der Waals surface area contributed by atoms with Crippen LogP contribution in [-0.2, 0) is 21.1 Å². The molecule has 1 aromatic rings. The van der Waals surface area contributed by atoms with Gasteiger partial charge in [0.15, 0.2) is 0 Å². The van der Waals surface area contributed by atoms with Gasteiger partial charge in [-0.3, -0.25) is 0 Å². The molecule has 0 saturated heterocycles. The molecule has 0 spiro atoms. The zero-order valence-electron chi connectivity index (χ0n) is 4.92. The van der Waals surface area contributed by atoms with Crippen LogP contribution in [-0.4, -0.2) is 9.97 Å². The Morgan fingerprint density at radius 2 is 2.33 bits per heavy atom. The first-order valence-corrected chi connectivity index (χ1v) is 1.81. The minimum atomic E-state index is -0.171. The molecule has 0 aliphatic carbocycles. The fourth-order valence-electron chi connectivity index (χ4n) is 0.271. The number of hydrogen-bond acceptors (Lipinski definition) is 2. The average molecular weight is 294 g/mol. The maximum atomic E-state index is 10.1. The predicted octanol–water partition coefficient (Wildman–Crippen LogP) is 0.0179. The van der Waals surface area contributed by atoms with Gasteiger partial charge >= 0.3 is 21.1 Å². The van der Waals surface area contributed by atoms with Crippen molar-refractivity contribution in [1.82, 2.24) is 9.97 Å². The van der Waals surface area contributed by atoms with E-state index in [9.17, 15) is 4.79 Å². The number of H-pyrrole nitrogens is 1. The van der Waals surface area contributed by atoms with Gasteiger partial charge in [-0.2, -0.15) is 0 Å². The molecule has 0 aliphatic rings. The molecule has 0 aromatic carbocycles. The van der Waals surface area contributed by atoms with Crippen LogP contribution in [0.25, 0.3) is 0 Å². The minimum absolute atomic E-state index is 0. The maximum Gasteiger partial charge on any atom is 2.00 e. The molecule has 1 heterocycles. The molecule has 3 nitrogen and oxygen atoms in total. The summed E-state index contributed by atoms with van der Waals surface area (Å²) in [7, 11) is 0. The van der Waals surface area contributed by atoms with Gasteiger partial charge in [-0.05, 0) is 0 Å². The van der Waals surface area contributed by atoms with Crippen molar-refractivity contribution in [3.63, 3.8) is 0 Å². The van der Waals surface area contributed by atoms with Crippen molar-refractivity contribution in [3.8, 4) is 0 Å². The zero-order valence-corrected chi connectivity index (χ0v) is 7.85. The molecule has 0 radical (unpaired) electrons. The van der Waals surface area contributed by atoms with Crippen LogP contribution in [0.15, 0.2) is 17.1 Å². The van der Waals surface area contributed by atoms with E-state index in [1.165, 1.54) is 12.3 Å². The zero-order chi connectivity index (χ0) is 5.11. The Hall–Kier alpha value is -0.432. The summed E-state index contributed by atoms with van der Waals surface area (Å²) >= 11 is 0. The molecule has 0 atom stereocenters. The van der Waals surface area contributed by atoms with E-state index in [1.807, 2.05) is 0 Å². The number of rotatable bonds is 0. The van der Waals surface area contributed by atoms with Gasteiger partial charge in [-0.1, -0.05) is 12.3 Å². The number of aromatic amines is 1. The molecule has 0 fully saturated rings. The van der Waals surface area contributed by atoms with E-state index in [0.29, 0.717) is 0 Å². The first-order chi connectivity index (χ1) is 3.39. The maximum absolute atomic E-state index is 10.1. The Morgan fingerprint density at radius 1 is 1.67 bits per heavy atom. The van der Waals surface area contributed by atoms with E-state index in [0.717, 1.165) is 0 Å². The van der Waals surface area contributed by atoms with Gasteiger partial charge < -0.3 is 22.2 Å². The van der Waals surface area contributed by atoms with Crippen LogP contribution < -0.4 is 5.56 Å². The molecule has 4 heteroatoms. The van der Waals surface area contributed by atoms with E-state index >= 15 is 0 Å². The average Bonchev–Trinajstić information content (AvgIpc) is 1.69. The third-order valence-electron chi connectivity index (χ3n) is 0.544. The van der Waals surface area contributed by atoms with Crippen LogP contribution in [0.1, 0.15) is 0 Å². The SMILES string of the molecule is O=c1ccn[c-][nH]1.[CH3-].[W+2]. The molecule has 0 saturated carbocycles. The van der Waals surface area contributed by atoms with Gasteiger partial charge in [0.2, 0.25) is 0 Å². The Morgan fingerprint density at radius 3 is 2.56 bits per heavy atom. The Labute approximate surface area is 67.8 Å². The topological polar surface area (TPSA) is 45.8 Å². The smallest absolute Gasteiger partial charge is 0.421 e. The molecule has 0 aliphatic heterocycles. The largest absolute Gasteiger partial charge is 2.00 e. The monoisotopic (exact) mass is 294 g/mol. The van der Waals surface area contributed by atoms with Gasteiger partial charge in [-0.15, -0.1) is 0 Å². The number of nitrogens with one attached hydrogen (secondary N) is 1. The molecule has 1 rings (SSSR count). The van der Waals surface area contributed by atoms with Crippen LogP contribution in [0.4, 0.5) is 0 Å². The van der Waals surface area contributed by atoms with Crippen LogP contribution in [0, 0.1) is 13.8 Å². The van der Waals surface area contributed by atoms with E-state index in [4.69, 9.17) is 0 Å². The minimum Gasteiger partial charge on any atom is -0.421 e. The van der Waals surface area contributed by atoms with Crippen LogP contribution in [0.3, 0.4) is 0 Å². The molecule has 1 aromatic heterocycles. The van der Waals surface area contributed by atoms with Crippen LogP contribution >= 0.6 is 0 Å². The van der Waals surface area contributed by atoms with Gasteiger partial charge in [0.1, 0.15) is 5.56 Å². The second kappa shape index (κ2) is 5.70. The third kappa shape index (κ3) is 4.10. The van der Waals surface area contributed by atoms with Crippen molar-refractivity contribution < 1.29 is 21.1 Å². The van der Waals surface area contributed by atoms with Gasteiger partial charge in [-0.25, -0.2) is 0 Å². The van der Waals surface area contributed by atoms with Crippen LogP contribution in [0.5, 0.6) is 0 Å². The molecule has 1 N–H and O–H groups in total. The fraction of sp³-hybridized carbons (Fsp3) is 0. The summed E-state index contributed by atoms with van der Waals surface area (Å²) in [6, 6.07) is 1.33. The van der Waals surface area contributed by atoms with Gasteiger partial charge in [0.05, 0.1) is 0 Å². The summed E-state index contributed by atoms with van der Waals surface area (Å²) in [5.41, 5.74) is -0.171. The Bertz CT molecular complexity index is 181. The molecule has 0 unspecified atom stereocenters. The predicted molar refractivity (Wildman–Crippen MR) is 30.1 cm³/mol. The number of nitrogens with zero attached hydrogens (tertiary/aromatic N) is 1. The van der Waals surface area contributed by atoms with Crippen LogP contribution in [0.2, 0.25) is 0 Å². The van der Waals surface area contributed by atoms with Crippen molar-refractivity contribution in [1.29, 1.82) is 0 Å². The summed E-state index contributed by atoms with van der Waals surface area (Å²) in [5.74, 6) is 0. The van der Waals surface area contributed by atoms with E-state index in [1.54, 1.807) is 0 Å². The van der Waals surface area contributed by atoms with Crippen molar-refractivity contribution in [2.24, 2.45) is 0 Å². The summed E-state index contributed by atoms with van der Waals surface area (Å²) in [4.78, 5) is 15.8. The normalized spacial score (nSPS) is 6.67. The second-order valence-corrected chi connectivity index (χ2v) is 1.05. The van der Waals surface area contributed by atoms with Crippen molar-refractivity contribution in [2.45, 2.75) is 0 Å². The summed E-state index contributed by atoms with van der Waals surface area (Å²) in [5, 5.41) is 0. The van der Waals surface area contributed by atoms with Crippen molar-refractivity contribution in [2.75, 3.05) is 0 Å². The van der Waals surface area contributed by atoms with Gasteiger partial charge in [0.25, 0.3) is 0 Å². The molecule has 0 bridgehead atoms. The van der Waals surface area contributed by atoms with Gasteiger partial charge in [0, 0.05) is 6.33 Å². The standard InChI is InChI=1S/C4H3N2O.CH3.W/c7-4-1-2-5-3-6-4;;/h1-2H,(H,5,6,7);1H3;/q2*-1;+2. The Kier molecular flexibility index (Phi) is 7.21. The first kappa shape index (κ1) is 11.4. The molecular weight excluding hydrogens is 288 g/mol. The Balaban J connectivity index is 0. The summed E-state index contributed by atoms with van der Waals surface area (Å²) < 4.78 is 0. The molecule has 48 valence electrons. The molecular formula is C5H6N2OW. The van der Waals surface area contributed by atoms with Crippen molar-refractivity contribution in [3.05, 3.63) is 36.4 Å². The molecule has 0 amide bonds. The molecule has 9 heavy (non-hydrogen) atoms. The van der Waals surface area contributed by atoms with E-state index in [-0.39, 0.29) is 34.1 Å². The quantitative estimate of drug-likeness (QED) is 0.686.